The molecule has 1 N–H and O–H groups in total. The number of carbonyl (C=O) groups excluding carboxylic acids is 2. The van der Waals surface area contributed by atoms with Crippen molar-refractivity contribution in [2.24, 2.45) is 0 Å². The third-order valence-corrected chi connectivity index (χ3v) is 7.55. The summed E-state index contributed by atoms with van der Waals surface area (Å²) in [7, 11) is 2.88. The minimum absolute atomic E-state index is 0.0675. The van der Waals surface area contributed by atoms with E-state index in [1.54, 1.807) is 24.3 Å². The fraction of sp³-hybridized carbons (Fsp3) is 0.133. The number of aliphatic hydroxyl groups excluding tert-OH is 1. The summed E-state index contributed by atoms with van der Waals surface area (Å²) in [5.74, 6) is -0.133. The number of hydrogen-bond donors (Lipinski definition) is 1. The molecule has 198 valence electrons. The molecule has 0 spiro atoms. The molecule has 0 saturated carbocycles. The predicted molar refractivity (Wildman–Crippen MR) is 151 cm³/mol. The number of carbonyl (C=O) groups is 2. The Labute approximate surface area is 234 Å². The summed E-state index contributed by atoms with van der Waals surface area (Å²) >= 11 is 7.70. The Morgan fingerprint density at radius 2 is 1.67 bits per heavy atom. The fourth-order valence-electron chi connectivity index (χ4n) is 4.49. The maximum Gasteiger partial charge on any atom is 0.300 e. The van der Waals surface area contributed by atoms with Crippen molar-refractivity contribution in [2.45, 2.75) is 13.0 Å². The fourth-order valence-corrected chi connectivity index (χ4v) is 5.56. The second-order valence-electron chi connectivity index (χ2n) is 8.78. The molecule has 1 aliphatic heterocycles. The van der Waals surface area contributed by atoms with Crippen molar-refractivity contribution < 1.29 is 28.9 Å². The average molecular weight is 562 g/mol. The van der Waals surface area contributed by atoms with Crippen molar-refractivity contribution in [3.8, 4) is 23.0 Å². The molecule has 1 amide bonds. The zero-order chi connectivity index (χ0) is 27.7. The van der Waals surface area contributed by atoms with Gasteiger partial charge in [-0.15, -0.1) is 11.3 Å². The Bertz CT molecular complexity index is 1580. The summed E-state index contributed by atoms with van der Waals surface area (Å²) in [5.41, 5.74) is 1.65. The number of Topliss-reactive ketones (excluding diaryl/α,β-unsaturated/α-hetero) is 1. The first-order valence-electron chi connectivity index (χ1n) is 11.9. The standard InChI is InChI=1S/C30H24ClNO6S/c1-17-6-4-7-20(14-17)38-19-11-9-18(10-12-19)32-27(25-8-5-13-39-25)26(29(34)30(32)35)28(33)21-15-22(31)24(37-3)16-23(21)36-2/h4-16,27,33H,1-3H3/b28-26-. The zero-order valence-electron chi connectivity index (χ0n) is 21.3. The van der Waals surface area contributed by atoms with Crippen LogP contribution in [-0.4, -0.2) is 31.0 Å². The van der Waals surface area contributed by atoms with Crippen LogP contribution < -0.4 is 19.1 Å². The highest BCUT2D eigenvalue weighted by Gasteiger charge is 2.47. The normalized spacial score (nSPS) is 16.4. The molecule has 1 fully saturated rings. The average Bonchev–Trinajstić information content (AvgIpc) is 3.55. The number of nitrogens with zero attached hydrogens (tertiary/aromatic N) is 1. The Balaban J connectivity index is 1.58. The molecule has 0 aliphatic carbocycles. The zero-order valence-corrected chi connectivity index (χ0v) is 22.9. The van der Waals surface area contributed by atoms with Gasteiger partial charge in [0.2, 0.25) is 0 Å². The van der Waals surface area contributed by atoms with Gasteiger partial charge in [-0.25, -0.2) is 0 Å². The van der Waals surface area contributed by atoms with Crippen molar-refractivity contribution in [1.82, 2.24) is 0 Å². The van der Waals surface area contributed by atoms with Gasteiger partial charge in [0, 0.05) is 16.6 Å². The number of halogens is 1. The van der Waals surface area contributed by atoms with E-state index in [0.717, 1.165) is 5.56 Å². The van der Waals surface area contributed by atoms with Crippen molar-refractivity contribution >= 4 is 46.1 Å². The Morgan fingerprint density at radius 3 is 2.31 bits per heavy atom. The van der Waals surface area contributed by atoms with E-state index in [1.165, 1.54) is 42.6 Å². The monoisotopic (exact) mass is 561 g/mol. The van der Waals surface area contributed by atoms with E-state index < -0.39 is 23.5 Å². The molecule has 3 aromatic carbocycles. The minimum Gasteiger partial charge on any atom is -0.507 e. The predicted octanol–water partition coefficient (Wildman–Crippen LogP) is 7.15. The smallest absolute Gasteiger partial charge is 0.300 e. The van der Waals surface area contributed by atoms with Crippen LogP contribution in [0.4, 0.5) is 5.69 Å². The van der Waals surface area contributed by atoms with Crippen LogP contribution in [0.1, 0.15) is 22.0 Å². The van der Waals surface area contributed by atoms with Crippen molar-refractivity contribution in [1.29, 1.82) is 0 Å². The first-order chi connectivity index (χ1) is 18.8. The van der Waals surface area contributed by atoms with Gasteiger partial charge >= 0.3 is 0 Å². The molecular formula is C30H24ClNO6S. The van der Waals surface area contributed by atoms with Crippen molar-refractivity contribution in [2.75, 3.05) is 19.1 Å². The molecule has 7 nitrogen and oxygen atoms in total. The van der Waals surface area contributed by atoms with Gasteiger partial charge in [-0.1, -0.05) is 29.8 Å². The van der Waals surface area contributed by atoms with Gasteiger partial charge in [-0.3, -0.25) is 14.5 Å². The summed E-state index contributed by atoms with van der Waals surface area (Å²) < 4.78 is 16.6. The number of aryl methyl sites for hydroxylation is 1. The molecule has 1 saturated heterocycles. The van der Waals surface area contributed by atoms with E-state index in [0.29, 0.717) is 27.8 Å². The third kappa shape index (κ3) is 4.96. The van der Waals surface area contributed by atoms with Gasteiger partial charge < -0.3 is 19.3 Å². The lowest BCUT2D eigenvalue weighted by molar-refractivity contribution is -0.132. The number of hydrogen-bond acceptors (Lipinski definition) is 7. The number of rotatable bonds is 7. The van der Waals surface area contributed by atoms with Crippen LogP contribution in [0.5, 0.6) is 23.0 Å². The van der Waals surface area contributed by atoms with Crippen LogP contribution in [0.2, 0.25) is 5.02 Å². The van der Waals surface area contributed by atoms with Crippen LogP contribution in [0.25, 0.3) is 5.76 Å². The summed E-state index contributed by atoms with van der Waals surface area (Å²) in [6, 6.07) is 20.3. The van der Waals surface area contributed by atoms with Gasteiger partial charge in [0.25, 0.3) is 11.7 Å². The SMILES string of the molecule is COc1cc(OC)c(/C(O)=C2/C(=O)C(=O)N(c3ccc(Oc4cccc(C)c4)cc3)C2c2cccs2)cc1Cl. The lowest BCUT2D eigenvalue weighted by Gasteiger charge is -2.24. The summed E-state index contributed by atoms with van der Waals surface area (Å²) in [5, 5.41) is 13.5. The Kier molecular flexibility index (Phi) is 7.32. The molecule has 1 aromatic heterocycles. The summed E-state index contributed by atoms with van der Waals surface area (Å²) in [4.78, 5) is 28.9. The molecule has 1 unspecified atom stereocenters. The topological polar surface area (TPSA) is 85.3 Å². The molecule has 4 aromatic rings. The number of amides is 1. The number of thiophene rings is 1. The Hall–Kier alpha value is -4.27. The number of aliphatic hydroxyl groups is 1. The minimum atomic E-state index is -0.862. The second kappa shape index (κ2) is 10.8. The van der Waals surface area contributed by atoms with Gasteiger partial charge in [0.15, 0.2) is 0 Å². The van der Waals surface area contributed by atoms with Crippen LogP contribution in [-0.2, 0) is 9.59 Å². The van der Waals surface area contributed by atoms with E-state index in [2.05, 4.69) is 0 Å². The van der Waals surface area contributed by atoms with Crippen molar-refractivity contribution in [3.63, 3.8) is 0 Å². The quantitative estimate of drug-likeness (QED) is 0.146. The van der Waals surface area contributed by atoms with Crippen LogP contribution in [0.15, 0.2) is 83.7 Å². The molecule has 0 radical (unpaired) electrons. The molecule has 39 heavy (non-hydrogen) atoms. The lowest BCUT2D eigenvalue weighted by Crippen LogP contribution is -2.29. The largest absolute Gasteiger partial charge is 0.507 e. The first kappa shape index (κ1) is 26.3. The number of ketones is 1. The van der Waals surface area contributed by atoms with Crippen LogP contribution >= 0.6 is 22.9 Å². The lowest BCUT2D eigenvalue weighted by atomic mass is 9.99. The number of ether oxygens (including phenoxy) is 3. The molecule has 0 bridgehead atoms. The Morgan fingerprint density at radius 1 is 0.923 bits per heavy atom. The highest BCUT2D eigenvalue weighted by molar-refractivity contribution is 7.10. The summed E-state index contributed by atoms with van der Waals surface area (Å²) in [6.45, 7) is 1.98. The number of benzene rings is 3. The number of methoxy groups -OCH3 is 2. The van der Waals surface area contributed by atoms with Gasteiger partial charge in [0.1, 0.15) is 34.8 Å². The van der Waals surface area contributed by atoms with E-state index in [-0.39, 0.29) is 21.9 Å². The number of anilines is 1. The molecule has 9 heteroatoms. The summed E-state index contributed by atoms with van der Waals surface area (Å²) in [6.07, 6.45) is 0. The van der Waals surface area contributed by atoms with E-state index in [4.69, 9.17) is 25.8 Å². The maximum atomic E-state index is 13.4. The third-order valence-electron chi connectivity index (χ3n) is 6.33. The molecule has 5 rings (SSSR count). The highest BCUT2D eigenvalue weighted by Crippen LogP contribution is 2.46. The van der Waals surface area contributed by atoms with Crippen LogP contribution in [0, 0.1) is 6.92 Å². The van der Waals surface area contributed by atoms with Gasteiger partial charge in [-0.05, 0) is 66.4 Å². The molecular weight excluding hydrogens is 538 g/mol. The van der Waals surface area contributed by atoms with Crippen molar-refractivity contribution in [3.05, 3.63) is 105 Å². The maximum absolute atomic E-state index is 13.4. The molecule has 1 atom stereocenters. The highest BCUT2D eigenvalue weighted by atomic mass is 35.5. The van der Waals surface area contributed by atoms with E-state index in [9.17, 15) is 14.7 Å². The van der Waals surface area contributed by atoms with Gasteiger partial charge in [0.05, 0.1) is 30.4 Å². The van der Waals surface area contributed by atoms with Crippen LogP contribution in [0.3, 0.4) is 0 Å². The van der Waals surface area contributed by atoms with Gasteiger partial charge in [-0.2, -0.15) is 0 Å². The molecule has 1 aliphatic rings. The van der Waals surface area contributed by atoms with E-state index >= 15 is 0 Å². The van der Waals surface area contributed by atoms with E-state index in [1.807, 2.05) is 48.7 Å². The molecule has 2 heterocycles. The first-order valence-corrected chi connectivity index (χ1v) is 13.2. The second-order valence-corrected chi connectivity index (χ2v) is 10.2.